The van der Waals surface area contributed by atoms with Gasteiger partial charge in [-0.15, -0.1) is 0 Å². The number of rotatable bonds is 7. The highest BCUT2D eigenvalue weighted by Gasteiger charge is 2.34. The molecule has 0 radical (unpaired) electrons. The Labute approximate surface area is 148 Å². The summed E-state index contributed by atoms with van der Waals surface area (Å²) in [7, 11) is 1.63. The summed E-state index contributed by atoms with van der Waals surface area (Å²) in [4.78, 5) is 18.9. The smallest absolute Gasteiger partial charge is 0.318 e. The maximum atomic E-state index is 12.6. The maximum absolute atomic E-state index is 12.6. The lowest BCUT2D eigenvalue weighted by atomic mass is 9.96. The van der Waals surface area contributed by atoms with Gasteiger partial charge in [-0.05, 0) is 25.7 Å². The minimum atomic E-state index is -0.111. The molecule has 1 N–H and O–H groups in total. The summed E-state index contributed by atoms with van der Waals surface area (Å²) >= 11 is 0. The van der Waals surface area contributed by atoms with Crippen molar-refractivity contribution in [2.75, 3.05) is 26.9 Å². The number of aromatic nitrogens is 2. The summed E-state index contributed by atoms with van der Waals surface area (Å²) in [6, 6.07) is 0.190. The molecular weight excluding hydrogens is 324 g/mol. The van der Waals surface area contributed by atoms with Crippen LogP contribution in [0.2, 0.25) is 0 Å². The van der Waals surface area contributed by atoms with Crippen LogP contribution in [0.1, 0.15) is 62.7 Å². The van der Waals surface area contributed by atoms with Gasteiger partial charge in [0.2, 0.25) is 0 Å². The fraction of sp³-hybridized carbons (Fsp3) is 0.824. The quantitative estimate of drug-likeness (QED) is 0.758. The fourth-order valence-electron chi connectivity index (χ4n) is 3.55. The van der Waals surface area contributed by atoms with Crippen molar-refractivity contribution in [3.05, 3.63) is 11.7 Å². The van der Waals surface area contributed by atoms with E-state index in [0.717, 1.165) is 32.2 Å². The fourth-order valence-corrected chi connectivity index (χ4v) is 3.55. The number of urea groups is 1. The Morgan fingerprint density at radius 3 is 2.88 bits per heavy atom. The predicted molar refractivity (Wildman–Crippen MR) is 89.9 cm³/mol. The van der Waals surface area contributed by atoms with Gasteiger partial charge in [0.15, 0.2) is 5.82 Å². The first kappa shape index (κ1) is 18.1. The molecule has 1 aromatic heterocycles. The molecule has 2 aliphatic rings. The van der Waals surface area contributed by atoms with Crippen molar-refractivity contribution in [1.82, 2.24) is 20.4 Å². The number of hydrogen-bond donors (Lipinski definition) is 1. The zero-order chi connectivity index (χ0) is 17.5. The standard InChI is InChI=1S/C17H28N4O4/c1-23-10-11-24-12-15-19-16(20-25-15)14-8-5-9-21(14)17(22)18-13-6-3-2-4-7-13/h13-14H,2-12H2,1H3,(H,18,22). The average molecular weight is 352 g/mol. The highest BCUT2D eigenvalue weighted by Crippen LogP contribution is 2.30. The molecule has 25 heavy (non-hydrogen) atoms. The maximum Gasteiger partial charge on any atom is 0.318 e. The average Bonchev–Trinajstić information content (AvgIpc) is 3.28. The number of amides is 2. The first-order valence-electron chi connectivity index (χ1n) is 9.24. The Morgan fingerprint density at radius 2 is 2.08 bits per heavy atom. The Hall–Kier alpha value is -1.67. The molecule has 140 valence electrons. The Kier molecular flexibility index (Phi) is 6.63. The SMILES string of the molecule is COCCOCc1nc(C2CCCN2C(=O)NC2CCCCC2)no1. The third-order valence-electron chi connectivity index (χ3n) is 4.89. The number of nitrogens with zero attached hydrogens (tertiary/aromatic N) is 3. The lowest BCUT2D eigenvalue weighted by Gasteiger charge is -2.28. The van der Waals surface area contributed by atoms with Gasteiger partial charge < -0.3 is 24.2 Å². The molecule has 1 aromatic rings. The molecule has 1 aliphatic carbocycles. The normalized spacial score (nSPS) is 21.6. The van der Waals surface area contributed by atoms with E-state index in [1.54, 1.807) is 7.11 Å². The summed E-state index contributed by atoms with van der Waals surface area (Å²) in [5.41, 5.74) is 0. The highest BCUT2D eigenvalue weighted by molar-refractivity contribution is 5.75. The van der Waals surface area contributed by atoms with Crippen molar-refractivity contribution >= 4 is 6.03 Å². The van der Waals surface area contributed by atoms with Crippen LogP contribution in [0.15, 0.2) is 4.52 Å². The van der Waals surface area contributed by atoms with E-state index < -0.39 is 0 Å². The van der Waals surface area contributed by atoms with Crippen LogP contribution >= 0.6 is 0 Å². The third-order valence-corrected chi connectivity index (χ3v) is 4.89. The van der Waals surface area contributed by atoms with Crippen LogP contribution in [-0.4, -0.2) is 54.0 Å². The summed E-state index contributed by atoms with van der Waals surface area (Å²) in [6.45, 7) is 2.00. The first-order chi connectivity index (χ1) is 12.3. The lowest BCUT2D eigenvalue weighted by Crippen LogP contribution is -2.45. The lowest BCUT2D eigenvalue weighted by molar-refractivity contribution is 0.0494. The second kappa shape index (κ2) is 9.15. The molecule has 1 unspecified atom stereocenters. The zero-order valence-corrected chi connectivity index (χ0v) is 14.9. The molecule has 2 amide bonds. The largest absolute Gasteiger partial charge is 0.382 e. The number of likely N-dealkylation sites (tertiary alicyclic amines) is 1. The van der Waals surface area contributed by atoms with Crippen molar-refractivity contribution in [2.45, 2.75) is 63.6 Å². The van der Waals surface area contributed by atoms with Gasteiger partial charge in [0.1, 0.15) is 6.61 Å². The minimum Gasteiger partial charge on any atom is -0.382 e. The van der Waals surface area contributed by atoms with Crippen LogP contribution < -0.4 is 5.32 Å². The van der Waals surface area contributed by atoms with Gasteiger partial charge in [-0.3, -0.25) is 0 Å². The van der Waals surface area contributed by atoms with Crippen molar-refractivity contribution in [2.24, 2.45) is 0 Å². The van der Waals surface area contributed by atoms with E-state index in [2.05, 4.69) is 15.5 Å². The highest BCUT2D eigenvalue weighted by atomic mass is 16.5. The summed E-state index contributed by atoms with van der Waals surface area (Å²) in [5.74, 6) is 1.01. The van der Waals surface area contributed by atoms with Crippen LogP contribution in [0.5, 0.6) is 0 Å². The topological polar surface area (TPSA) is 89.7 Å². The van der Waals surface area contributed by atoms with Gasteiger partial charge in [0.05, 0.1) is 19.3 Å². The van der Waals surface area contributed by atoms with Crippen molar-refractivity contribution in [3.63, 3.8) is 0 Å². The Balaban J connectivity index is 1.53. The van der Waals surface area contributed by atoms with Gasteiger partial charge in [-0.25, -0.2) is 4.79 Å². The van der Waals surface area contributed by atoms with Crippen molar-refractivity contribution < 1.29 is 18.8 Å². The van der Waals surface area contributed by atoms with Gasteiger partial charge in [0, 0.05) is 19.7 Å². The summed E-state index contributed by atoms with van der Waals surface area (Å²) in [5, 5.41) is 7.24. The molecule has 1 saturated heterocycles. The van der Waals surface area contributed by atoms with Crippen LogP contribution in [-0.2, 0) is 16.1 Å². The number of nitrogens with one attached hydrogen (secondary N) is 1. The second-order valence-electron chi connectivity index (χ2n) is 6.73. The molecule has 0 spiro atoms. The van der Waals surface area contributed by atoms with E-state index in [4.69, 9.17) is 14.0 Å². The van der Waals surface area contributed by atoms with E-state index in [1.807, 2.05) is 4.90 Å². The Morgan fingerprint density at radius 1 is 1.24 bits per heavy atom. The summed E-state index contributed by atoms with van der Waals surface area (Å²) in [6.07, 6.45) is 7.65. The van der Waals surface area contributed by atoms with Crippen LogP contribution in [0.4, 0.5) is 4.79 Å². The third kappa shape index (κ3) is 4.92. The van der Waals surface area contributed by atoms with Gasteiger partial charge in [-0.2, -0.15) is 4.98 Å². The van der Waals surface area contributed by atoms with E-state index >= 15 is 0 Å². The molecule has 2 fully saturated rings. The molecule has 1 saturated carbocycles. The molecule has 0 bridgehead atoms. The molecule has 8 nitrogen and oxygen atoms in total. The van der Waals surface area contributed by atoms with Gasteiger partial charge >= 0.3 is 6.03 Å². The molecule has 0 aromatic carbocycles. The molecular formula is C17H28N4O4. The monoisotopic (exact) mass is 352 g/mol. The minimum absolute atomic E-state index is 0.00269. The van der Waals surface area contributed by atoms with Crippen LogP contribution in [0.3, 0.4) is 0 Å². The number of hydrogen-bond acceptors (Lipinski definition) is 6. The number of methoxy groups -OCH3 is 1. The Bertz CT molecular complexity index is 545. The van der Waals surface area contributed by atoms with E-state index in [9.17, 15) is 4.79 Å². The van der Waals surface area contributed by atoms with Gasteiger partial charge in [-0.1, -0.05) is 24.4 Å². The van der Waals surface area contributed by atoms with E-state index in [1.165, 1.54) is 19.3 Å². The number of carbonyl (C=O) groups is 1. The second-order valence-corrected chi connectivity index (χ2v) is 6.73. The molecule has 2 heterocycles. The molecule has 8 heteroatoms. The molecule has 1 aliphatic heterocycles. The van der Waals surface area contributed by atoms with E-state index in [-0.39, 0.29) is 18.7 Å². The van der Waals surface area contributed by atoms with Crippen LogP contribution in [0.25, 0.3) is 0 Å². The zero-order valence-electron chi connectivity index (χ0n) is 14.9. The van der Waals surface area contributed by atoms with Crippen LogP contribution in [0, 0.1) is 0 Å². The summed E-state index contributed by atoms with van der Waals surface area (Å²) < 4.78 is 15.6. The van der Waals surface area contributed by atoms with Gasteiger partial charge in [0.25, 0.3) is 5.89 Å². The number of ether oxygens (including phenoxy) is 2. The molecule has 3 rings (SSSR count). The number of carbonyl (C=O) groups excluding carboxylic acids is 1. The predicted octanol–water partition coefficient (Wildman–Crippen LogP) is 2.41. The van der Waals surface area contributed by atoms with Crippen molar-refractivity contribution in [1.29, 1.82) is 0 Å². The molecule has 1 atom stereocenters. The van der Waals surface area contributed by atoms with E-state index in [0.29, 0.717) is 31.0 Å². The van der Waals surface area contributed by atoms with Crippen molar-refractivity contribution in [3.8, 4) is 0 Å². The first-order valence-corrected chi connectivity index (χ1v) is 9.24.